The Morgan fingerprint density at radius 2 is 1.83 bits per heavy atom. The summed E-state index contributed by atoms with van der Waals surface area (Å²) >= 11 is 1.35. The number of hydrogen-bond donors (Lipinski definition) is 1. The van der Waals surface area contributed by atoms with E-state index in [4.69, 9.17) is 4.74 Å². The van der Waals surface area contributed by atoms with Crippen LogP contribution in [0.5, 0.6) is 5.75 Å². The molecule has 1 amide bonds. The molecule has 0 spiro atoms. The molecule has 0 fully saturated rings. The first-order valence-corrected chi connectivity index (χ1v) is 10.4. The lowest BCUT2D eigenvalue weighted by Gasteiger charge is -2.14. The number of aromatic nitrogens is 3. The third-order valence-corrected chi connectivity index (χ3v) is 5.63. The molecule has 0 saturated carbocycles. The maximum Gasteiger partial charge on any atom is 0.234 e. The number of rotatable bonds is 7. The van der Waals surface area contributed by atoms with Crippen molar-refractivity contribution in [2.45, 2.75) is 39.0 Å². The van der Waals surface area contributed by atoms with Gasteiger partial charge < -0.3 is 14.6 Å². The van der Waals surface area contributed by atoms with Crippen LogP contribution < -0.4 is 10.1 Å². The van der Waals surface area contributed by atoms with Crippen LogP contribution in [-0.4, -0.2) is 26.4 Å². The summed E-state index contributed by atoms with van der Waals surface area (Å²) in [5, 5.41) is 12.2. The first-order chi connectivity index (χ1) is 13.8. The van der Waals surface area contributed by atoms with Crippen molar-refractivity contribution in [2.75, 3.05) is 11.1 Å². The molecule has 3 aromatic rings. The SMILES string of the molecule is Cc1cccc(OC(C)c2nnc(SCC(=O)Nc3c(C)cccc3C)n2C)c1. The van der Waals surface area contributed by atoms with Crippen molar-refractivity contribution in [3.63, 3.8) is 0 Å². The molecule has 1 unspecified atom stereocenters. The second-order valence-corrected chi connectivity index (χ2v) is 8.02. The summed E-state index contributed by atoms with van der Waals surface area (Å²) in [6.07, 6.45) is -0.257. The number of nitrogens with zero attached hydrogens (tertiary/aromatic N) is 3. The van der Waals surface area contributed by atoms with Crippen molar-refractivity contribution in [3.8, 4) is 5.75 Å². The van der Waals surface area contributed by atoms with Crippen LogP contribution in [0.2, 0.25) is 0 Å². The Morgan fingerprint density at radius 1 is 1.14 bits per heavy atom. The topological polar surface area (TPSA) is 69.0 Å². The minimum Gasteiger partial charge on any atom is -0.483 e. The van der Waals surface area contributed by atoms with E-state index >= 15 is 0 Å². The van der Waals surface area contributed by atoms with Gasteiger partial charge in [0.25, 0.3) is 0 Å². The van der Waals surface area contributed by atoms with Crippen molar-refractivity contribution < 1.29 is 9.53 Å². The number of amides is 1. The fraction of sp³-hybridized carbons (Fsp3) is 0.318. The largest absolute Gasteiger partial charge is 0.483 e. The molecule has 2 aromatic carbocycles. The second kappa shape index (κ2) is 9.13. The number of benzene rings is 2. The summed E-state index contributed by atoms with van der Waals surface area (Å²) in [6, 6.07) is 13.9. The van der Waals surface area contributed by atoms with Crippen LogP contribution in [0.3, 0.4) is 0 Å². The molecule has 3 rings (SSSR count). The van der Waals surface area contributed by atoms with E-state index in [1.165, 1.54) is 11.8 Å². The number of para-hydroxylation sites is 1. The average molecular weight is 411 g/mol. The van der Waals surface area contributed by atoms with Crippen LogP contribution in [0, 0.1) is 20.8 Å². The number of thioether (sulfide) groups is 1. The normalized spacial score (nSPS) is 11.9. The molecule has 1 atom stereocenters. The molecule has 152 valence electrons. The number of nitrogens with one attached hydrogen (secondary N) is 1. The van der Waals surface area contributed by atoms with Gasteiger partial charge >= 0.3 is 0 Å². The predicted molar refractivity (Wildman–Crippen MR) is 116 cm³/mol. The molecule has 7 heteroatoms. The van der Waals surface area contributed by atoms with Gasteiger partial charge in [-0.3, -0.25) is 4.79 Å². The average Bonchev–Trinajstić information content (AvgIpc) is 3.04. The summed E-state index contributed by atoms with van der Waals surface area (Å²) in [6.45, 7) is 7.94. The van der Waals surface area contributed by atoms with E-state index in [-0.39, 0.29) is 17.8 Å². The van der Waals surface area contributed by atoms with E-state index in [9.17, 15) is 4.79 Å². The zero-order valence-electron chi connectivity index (χ0n) is 17.4. The number of carbonyl (C=O) groups is 1. The fourth-order valence-electron chi connectivity index (χ4n) is 3.07. The van der Waals surface area contributed by atoms with E-state index in [0.29, 0.717) is 11.0 Å². The number of aryl methyl sites for hydroxylation is 3. The first kappa shape index (κ1) is 20.9. The van der Waals surface area contributed by atoms with Crippen LogP contribution in [0.1, 0.15) is 35.5 Å². The van der Waals surface area contributed by atoms with Gasteiger partial charge in [-0.2, -0.15) is 0 Å². The minimum atomic E-state index is -0.257. The molecular weight excluding hydrogens is 384 g/mol. The Kier molecular flexibility index (Phi) is 6.59. The quantitative estimate of drug-likeness (QED) is 0.576. The second-order valence-electron chi connectivity index (χ2n) is 7.08. The third-order valence-electron chi connectivity index (χ3n) is 4.61. The summed E-state index contributed by atoms with van der Waals surface area (Å²) in [5.41, 5.74) is 4.11. The molecule has 0 bridgehead atoms. The molecule has 1 N–H and O–H groups in total. The zero-order chi connectivity index (χ0) is 21.0. The fourth-order valence-corrected chi connectivity index (χ4v) is 3.79. The van der Waals surface area contributed by atoms with E-state index < -0.39 is 0 Å². The molecule has 0 aliphatic carbocycles. The molecule has 29 heavy (non-hydrogen) atoms. The van der Waals surface area contributed by atoms with Crippen molar-refractivity contribution in [1.82, 2.24) is 14.8 Å². The minimum absolute atomic E-state index is 0.0685. The summed E-state index contributed by atoms with van der Waals surface area (Å²) < 4.78 is 7.87. The highest BCUT2D eigenvalue weighted by molar-refractivity contribution is 7.99. The highest BCUT2D eigenvalue weighted by Crippen LogP contribution is 2.25. The van der Waals surface area contributed by atoms with E-state index in [0.717, 1.165) is 28.1 Å². The number of ether oxygens (including phenoxy) is 1. The molecule has 1 heterocycles. The molecule has 6 nitrogen and oxygen atoms in total. The highest BCUT2D eigenvalue weighted by Gasteiger charge is 2.18. The summed E-state index contributed by atoms with van der Waals surface area (Å²) in [4.78, 5) is 12.4. The van der Waals surface area contributed by atoms with Gasteiger partial charge in [0.2, 0.25) is 5.91 Å². The van der Waals surface area contributed by atoms with E-state index in [1.807, 2.05) is 81.8 Å². The van der Waals surface area contributed by atoms with Crippen LogP contribution in [0.25, 0.3) is 0 Å². The van der Waals surface area contributed by atoms with E-state index in [2.05, 4.69) is 15.5 Å². The van der Waals surface area contributed by atoms with E-state index in [1.54, 1.807) is 0 Å². The van der Waals surface area contributed by atoms with Gasteiger partial charge in [0.15, 0.2) is 17.1 Å². The predicted octanol–water partition coefficient (Wildman–Crippen LogP) is 4.61. The lowest BCUT2D eigenvalue weighted by molar-refractivity contribution is -0.113. The maximum absolute atomic E-state index is 12.4. The summed E-state index contributed by atoms with van der Waals surface area (Å²) in [5.74, 6) is 1.69. The van der Waals surface area contributed by atoms with Gasteiger partial charge in [0.1, 0.15) is 5.75 Å². The summed E-state index contributed by atoms with van der Waals surface area (Å²) in [7, 11) is 1.89. The highest BCUT2D eigenvalue weighted by atomic mass is 32.2. The number of hydrogen-bond acceptors (Lipinski definition) is 5. The van der Waals surface area contributed by atoms with Gasteiger partial charge in [-0.25, -0.2) is 0 Å². The Balaban J connectivity index is 1.61. The van der Waals surface area contributed by atoms with Crippen molar-refractivity contribution in [1.29, 1.82) is 0 Å². The van der Waals surface area contributed by atoms with Crippen molar-refractivity contribution in [2.24, 2.45) is 7.05 Å². The molecule has 0 aliphatic heterocycles. The smallest absolute Gasteiger partial charge is 0.234 e. The monoisotopic (exact) mass is 410 g/mol. The maximum atomic E-state index is 12.4. The molecule has 0 saturated heterocycles. The van der Waals surface area contributed by atoms with Gasteiger partial charge in [-0.05, 0) is 56.5 Å². The molecule has 1 aromatic heterocycles. The van der Waals surface area contributed by atoms with Crippen LogP contribution in [-0.2, 0) is 11.8 Å². The van der Waals surface area contributed by atoms with Gasteiger partial charge in [0.05, 0.1) is 5.75 Å². The van der Waals surface area contributed by atoms with Crippen LogP contribution in [0.15, 0.2) is 47.6 Å². The third kappa shape index (κ3) is 5.17. The molecular formula is C22H26N4O2S. The Labute approximate surface area is 175 Å². The van der Waals surface area contributed by atoms with Gasteiger partial charge in [0, 0.05) is 12.7 Å². The van der Waals surface area contributed by atoms with Crippen LogP contribution in [0.4, 0.5) is 5.69 Å². The lowest BCUT2D eigenvalue weighted by Crippen LogP contribution is -2.16. The molecule has 0 aliphatic rings. The Morgan fingerprint density at radius 3 is 2.52 bits per heavy atom. The Hall–Kier alpha value is -2.80. The number of carbonyl (C=O) groups excluding carboxylic acids is 1. The van der Waals surface area contributed by atoms with Gasteiger partial charge in [-0.1, -0.05) is 42.1 Å². The zero-order valence-corrected chi connectivity index (χ0v) is 18.2. The molecule has 0 radical (unpaired) electrons. The van der Waals surface area contributed by atoms with Crippen molar-refractivity contribution >= 4 is 23.4 Å². The number of anilines is 1. The first-order valence-electron chi connectivity index (χ1n) is 9.46. The standard InChI is InChI=1S/C22H26N4O2S/c1-14-8-6-11-18(12-14)28-17(4)21-24-25-22(26(21)5)29-13-19(27)23-20-15(2)9-7-10-16(20)3/h6-12,17H,13H2,1-5H3,(H,23,27). The Bertz CT molecular complexity index is 996. The van der Waals surface area contributed by atoms with Crippen molar-refractivity contribution in [3.05, 3.63) is 65.0 Å². The van der Waals surface area contributed by atoms with Gasteiger partial charge in [-0.15, -0.1) is 10.2 Å². The lowest BCUT2D eigenvalue weighted by atomic mass is 10.1. The van der Waals surface area contributed by atoms with Crippen LogP contribution >= 0.6 is 11.8 Å².